The highest BCUT2D eigenvalue weighted by Gasteiger charge is 2.37. The summed E-state index contributed by atoms with van der Waals surface area (Å²) in [6, 6.07) is 9.63. The molecule has 0 radical (unpaired) electrons. The molecule has 2 heterocycles. The number of rotatable bonds is 5. The first-order valence-corrected chi connectivity index (χ1v) is 9.49. The topological polar surface area (TPSA) is 94.4 Å². The molecule has 28 heavy (non-hydrogen) atoms. The number of H-pyrrole nitrogens is 1. The first-order chi connectivity index (χ1) is 13.4. The lowest BCUT2D eigenvalue weighted by Crippen LogP contribution is -2.32. The molecule has 0 bridgehead atoms. The minimum absolute atomic E-state index is 0.0367. The predicted octanol–water partition coefficient (Wildman–Crippen LogP) is 3.32. The second kappa shape index (κ2) is 7.92. The van der Waals surface area contributed by atoms with Crippen molar-refractivity contribution < 1.29 is 14.3 Å². The van der Waals surface area contributed by atoms with Crippen LogP contribution < -0.4 is 16.0 Å². The molecule has 0 spiro atoms. The summed E-state index contributed by atoms with van der Waals surface area (Å²) in [5, 5.41) is 0. The highest BCUT2D eigenvalue weighted by Crippen LogP contribution is 2.41. The maximum Gasteiger partial charge on any atom is 0.340 e. The van der Waals surface area contributed by atoms with E-state index in [1.165, 1.54) is 12.7 Å². The Hall–Kier alpha value is -3.02. The van der Waals surface area contributed by atoms with Crippen LogP contribution in [0.5, 0.6) is 5.75 Å². The van der Waals surface area contributed by atoms with E-state index in [2.05, 4.69) is 18.8 Å². The number of aryl methyl sites for hydroxylation is 1. The van der Waals surface area contributed by atoms with Gasteiger partial charge in [-0.1, -0.05) is 51.5 Å². The third kappa shape index (κ3) is 3.54. The molecular weight excluding hydrogens is 356 g/mol. The van der Waals surface area contributed by atoms with Crippen molar-refractivity contribution in [2.24, 2.45) is 5.73 Å². The Kier molecular flexibility index (Phi) is 5.58. The fourth-order valence-corrected chi connectivity index (χ4v) is 3.55. The van der Waals surface area contributed by atoms with Crippen LogP contribution in [0.25, 0.3) is 0 Å². The van der Waals surface area contributed by atoms with Gasteiger partial charge in [0.25, 0.3) is 5.56 Å². The molecule has 148 valence electrons. The predicted molar refractivity (Wildman–Crippen MR) is 107 cm³/mol. The van der Waals surface area contributed by atoms with Crippen molar-refractivity contribution in [1.82, 2.24) is 4.98 Å². The van der Waals surface area contributed by atoms with E-state index in [-0.39, 0.29) is 17.0 Å². The number of aromatic amines is 1. The number of nitrogens with two attached hydrogens (primary N) is 1. The molecule has 0 amide bonds. The van der Waals surface area contributed by atoms with Gasteiger partial charge in [-0.15, -0.1) is 0 Å². The lowest BCUT2D eigenvalue weighted by Gasteiger charge is -2.28. The Morgan fingerprint density at radius 1 is 1.29 bits per heavy atom. The molecule has 1 unspecified atom stereocenters. The van der Waals surface area contributed by atoms with Crippen LogP contribution in [0.15, 0.2) is 46.6 Å². The Balaban J connectivity index is 2.21. The number of hydrogen-bond donors (Lipinski definition) is 2. The lowest BCUT2D eigenvalue weighted by atomic mass is 9.82. The van der Waals surface area contributed by atoms with Crippen molar-refractivity contribution in [1.29, 1.82) is 0 Å². The molecular formula is C22H26N2O4. The number of methoxy groups -OCH3 is 1. The van der Waals surface area contributed by atoms with Gasteiger partial charge in [0, 0.05) is 11.8 Å². The third-order valence-corrected chi connectivity index (χ3v) is 5.01. The standard InChI is InChI=1S/C22H26N2O4/c1-5-6-15-11-16-18(21(25)24-15)17(19(20(23)28-16)22(26)27-4)14-9-7-13(8-10-14)12(2)3/h7-12,17H,5-6,23H2,1-4H3,(H,24,25). The Morgan fingerprint density at radius 2 is 1.96 bits per heavy atom. The first-order valence-electron chi connectivity index (χ1n) is 9.49. The van der Waals surface area contributed by atoms with Crippen LogP contribution in [0.1, 0.15) is 61.4 Å². The average Bonchev–Trinajstić information content (AvgIpc) is 2.66. The fraction of sp³-hybridized carbons (Fsp3) is 0.364. The van der Waals surface area contributed by atoms with Crippen molar-refractivity contribution in [3.63, 3.8) is 0 Å². The van der Waals surface area contributed by atoms with Crippen LogP contribution in [-0.2, 0) is 16.0 Å². The van der Waals surface area contributed by atoms with Gasteiger partial charge in [0.2, 0.25) is 5.88 Å². The number of benzene rings is 1. The minimum Gasteiger partial charge on any atom is -0.465 e. The first kappa shape index (κ1) is 19.7. The van der Waals surface area contributed by atoms with Crippen molar-refractivity contribution in [2.75, 3.05) is 7.11 Å². The maximum absolute atomic E-state index is 12.9. The number of hydrogen-bond acceptors (Lipinski definition) is 5. The SMILES string of the molecule is CCCc1cc2c(c(=O)[nH]1)C(c1ccc(C(C)C)cc1)C(C(=O)OC)=C(N)O2. The molecule has 0 aliphatic carbocycles. The number of aromatic nitrogens is 1. The van der Waals surface area contributed by atoms with Gasteiger partial charge in [-0.05, 0) is 23.5 Å². The zero-order valence-corrected chi connectivity index (χ0v) is 16.7. The molecule has 3 N–H and O–H groups in total. The van der Waals surface area contributed by atoms with E-state index in [4.69, 9.17) is 15.2 Å². The van der Waals surface area contributed by atoms with E-state index < -0.39 is 11.9 Å². The van der Waals surface area contributed by atoms with Gasteiger partial charge in [-0.25, -0.2) is 4.79 Å². The number of fused-ring (bicyclic) bond motifs is 1. The smallest absolute Gasteiger partial charge is 0.340 e. The van der Waals surface area contributed by atoms with Crippen LogP contribution in [0, 0.1) is 0 Å². The summed E-state index contributed by atoms with van der Waals surface area (Å²) in [6.07, 6.45) is 1.60. The summed E-state index contributed by atoms with van der Waals surface area (Å²) >= 11 is 0. The van der Waals surface area contributed by atoms with Crippen LogP contribution in [0.3, 0.4) is 0 Å². The summed E-state index contributed by atoms with van der Waals surface area (Å²) in [7, 11) is 1.28. The number of carbonyl (C=O) groups excluding carboxylic acids is 1. The molecule has 1 aromatic carbocycles. The third-order valence-electron chi connectivity index (χ3n) is 5.01. The molecule has 1 aliphatic rings. The van der Waals surface area contributed by atoms with Gasteiger partial charge in [0.15, 0.2) is 0 Å². The number of ether oxygens (including phenoxy) is 2. The van der Waals surface area contributed by atoms with E-state index in [0.29, 0.717) is 23.7 Å². The zero-order valence-electron chi connectivity index (χ0n) is 16.7. The minimum atomic E-state index is -0.656. The summed E-state index contributed by atoms with van der Waals surface area (Å²) in [4.78, 5) is 28.3. The highest BCUT2D eigenvalue weighted by molar-refractivity contribution is 5.92. The number of nitrogens with one attached hydrogen (secondary N) is 1. The van der Waals surface area contributed by atoms with Gasteiger partial charge in [-0.3, -0.25) is 4.79 Å². The number of esters is 1. The molecule has 1 atom stereocenters. The summed E-state index contributed by atoms with van der Waals surface area (Å²) in [5.74, 6) is -0.549. The Labute approximate surface area is 164 Å². The zero-order chi connectivity index (χ0) is 20.4. The van der Waals surface area contributed by atoms with Crippen LogP contribution in [-0.4, -0.2) is 18.1 Å². The van der Waals surface area contributed by atoms with Gasteiger partial charge in [0.1, 0.15) is 11.3 Å². The second-order valence-corrected chi connectivity index (χ2v) is 7.28. The average molecular weight is 382 g/mol. The van der Waals surface area contributed by atoms with E-state index in [0.717, 1.165) is 17.7 Å². The second-order valence-electron chi connectivity index (χ2n) is 7.28. The van der Waals surface area contributed by atoms with Crippen molar-refractivity contribution in [2.45, 2.75) is 45.4 Å². The van der Waals surface area contributed by atoms with Gasteiger partial charge in [-0.2, -0.15) is 0 Å². The molecule has 0 saturated heterocycles. The van der Waals surface area contributed by atoms with Gasteiger partial charge < -0.3 is 20.2 Å². The largest absolute Gasteiger partial charge is 0.465 e. The molecule has 6 nitrogen and oxygen atoms in total. The number of carbonyl (C=O) groups is 1. The van der Waals surface area contributed by atoms with Gasteiger partial charge >= 0.3 is 5.97 Å². The Bertz CT molecular complexity index is 971. The maximum atomic E-state index is 12.9. The summed E-state index contributed by atoms with van der Waals surface area (Å²) < 4.78 is 10.6. The van der Waals surface area contributed by atoms with E-state index in [9.17, 15) is 9.59 Å². The van der Waals surface area contributed by atoms with E-state index in [1.807, 2.05) is 31.2 Å². The van der Waals surface area contributed by atoms with Crippen molar-refractivity contribution in [3.05, 3.63) is 74.5 Å². The highest BCUT2D eigenvalue weighted by atomic mass is 16.5. The lowest BCUT2D eigenvalue weighted by molar-refractivity contribution is -0.136. The normalized spacial score (nSPS) is 16.0. The monoisotopic (exact) mass is 382 g/mol. The fourth-order valence-electron chi connectivity index (χ4n) is 3.55. The van der Waals surface area contributed by atoms with Crippen LogP contribution >= 0.6 is 0 Å². The van der Waals surface area contributed by atoms with Crippen LogP contribution in [0.4, 0.5) is 0 Å². The quantitative estimate of drug-likeness (QED) is 0.774. The molecule has 1 aromatic heterocycles. The van der Waals surface area contributed by atoms with Gasteiger partial charge in [0.05, 0.1) is 18.6 Å². The number of pyridine rings is 1. The van der Waals surface area contributed by atoms with Crippen molar-refractivity contribution >= 4 is 5.97 Å². The molecule has 0 saturated carbocycles. The molecule has 1 aliphatic heterocycles. The van der Waals surface area contributed by atoms with Crippen molar-refractivity contribution in [3.8, 4) is 5.75 Å². The molecule has 6 heteroatoms. The molecule has 3 rings (SSSR count). The molecule has 0 fully saturated rings. The Morgan fingerprint density at radius 3 is 2.54 bits per heavy atom. The molecule has 2 aromatic rings. The van der Waals surface area contributed by atoms with Crippen LogP contribution in [0.2, 0.25) is 0 Å². The van der Waals surface area contributed by atoms with E-state index in [1.54, 1.807) is 6.07 Å². The summed E-state index contributed by atoms with van der Waals surface area (Å²) in [5.41, 5.74) is 9.04. The van der Waals surface area contributed by atoms with E-state index >= 15 is 0 Å². The summed E-state index contributed by atoms with van der Waals surface area (Å²) in [6.45, 7) is 6.24.